The maximum Gasteiger partial charge on any atom is 0.313 e. The average molecular weight is 453 g/mol. The zero-order valence-corrected chi connectivity index (χ0v) is 18.4. The van der Waals surface area contributed by atoms with E-state index in [0.29, 0.717) is 0 Å². The third-order valence-electron chi connectivity index (χ3n) is 5.51. The zero-order valence-electron chi connectivity index (χ0n) is 18.4. The Morgan fingerprint density at radius 2 is 1.45 bits per heavy atom. The van der Waals surface area contributed by atoms with E-state index in [0.717, 1.165) is 6.42 Å². The normalized spacial score (nSPS) is 11.0. The van der Waals surface area contributed by atoms with Crippen molar-refractivity contribution in [3.8, 4) is 17.2 Å². The van der Waals surface area contributed by atoms with Gasteiger partial charge in [-0.05, 0) is 41.5 Å². The van der Waals surface area contributed by atoms with Crippen LogP contribution in [0.4, 0.5) is 0 Å². The van der Waals surface area contributed by atoms with Gasteiger partial charge >= 0.3 is 5.97 Å². The SMILES string of the molecule is N#CCCOC(=O)C(CN)(CCOC=O)CCOC=O.c1ccc2c(c1)Cc1ccccc1-2. The van der Waals surface area contributed by atoms with Crippen molar-refractivity contribution in [2.75, 3.05) is 26.4 Å². The van der Waals surface area contributed by atoms with Gasteiger partial charge in [-0.3, -0.25) is 14.4 Å². The fourth-order valence-electron chi connectivity index (χ4n) is 3.64. The number of carbonyl (C=O) groups is 3. The van der Waals surface area contributed by atoms with Crippen molar-refractivity contribution in [1.29, 1.82) is 5.26 Å². The summed E-state index contributed by atoms with van der Waals surface area (Å²) in [5, 5.41) is 8.40. The van der Waals surface area contributed by atoms with Crippen LogP contribution in [-0.4, -0.2) is 45.3 Å². The number of nitriles is 1. The number of nitrogens with zero attached hydrogens (tertiary/aromatic N) is 1. The summed E-state index contributed by atoms with van der Waals surface area (Å²) in [5.41, 5.74) is 10.3. The van der Waals surface area contributed by atoms with E-state index in [2.05, 4.69) is 58.0 Å². The topological polar surface area (TPSA) is 129 Å². The number of ether oxygens (including phenoxy) is 3. The second-order valence-electron chi connectivity index (χ2n) is 7.45. The summed E-state index contributed by atoms with van der Waals surface area (Å²) in [7, 11) is 0. The first-order valence-corrected chi connectivity index (χ1v) is 10.6. The standard InChI is InChI=1S/C13H10.C12H18N2O6/c1-3-7-12-10(5-1)9-11-6-2-4-8-13(11)12;13-4-1-5-20-11(17)12(8-14,2-6-18-9-15)3-7-19-10-16/h1-8H,9H2;9-10H,1-3,5-8,14H2. The van der Waals surface area contributed by atoms with Crippen LogP contribution in [0.5, 0.6) is 0 Å². The highest BCUT2D eigenvalue weighted by Crippen LogP contribution is 2.35. The monoisotopic (exact) mass is 452 g/mol. The number of fused-ring (bicyclic) bond motifs is 3. The van der Waals surface area contributed by atoms with Gasteiger partial charge in [-0.1, -0.05) is 48.5 Å². The molecule has 0 saturated carbocycles. The van der Waals surface area contributed by atoms with E-state index in [1.807, 2.05) is 6.07 Å². The minimum absolute atomic E-state index is 0.00482. The molecule has 0 unspecified atom stereocenters. The molecule has 8 nitrogen and oxygen atoms in total. The Morgan fingerprint density at radius 3 is 1.91 bits per heavy atom. The third kappa shape index (κ3) is 7.16. The maximum atomic E-state index is 12.1. The molecule has 0 spiro atoms. The van der Waals surface area contributed by atoms with Gasteiger partial charge in [0.25, 0.3) is 12.9 Å². The number of nitrogens with two attached hydrogens (primary N) is 1. The highest BCUT2D eigenvalue weighted by Gasteiger charge is 2.38. The smallest absolute Gasteiger partial charge is 0.313 e. The molecule has 0 bridgehead atoms. The minimum atomic E-state index is -1.11. The Balaban J connectivity index is 0.000000251. The summed E-state index contributed by atoms with van der Waals surface area (Å²) in [6.45, 7) is 0.432. The van der Waals surface area contributed by atoms with Crippen molar-refractivity contribution in [1.82, 2.24) is 0 Å². The highest BCUT2D eigenvalue weighted by atomic mass is 16.5. The van der Waals surface area contributed by atoms with E-state index in [4.69, 9.17) is 15.7 Å². The predicted octanol–water partition coefficient (Wildman–Crippen LogP) is 2.77. The quantitative estimate of drug-likeness (QED) is 0.192. The molecule has 33 heavy (non-hydrogen) atoms. The maximum absolute atomic E-state index is 12.1. The summed E-state index contributed by atoms with van der Waals surface area (Å²) in [6.07, 6.45) is 1.47. The van der Waals surface area contributed by atoms with Crippen molar-refractivity contribution in [2.24, 2.45) is 11.1 Å². The molecule has 0 atom stereocenters. The van der Waals surface area contributed by atoms with Gasteiger partial charge < -0.3 is 19.9 Å². The van der Waals surface area contributed by atoms with Crippen LogP contribution < -0.4 is 5.73 Å². The van der Waals surface area contributed by atoms with Gasteiger partial charge in [0, 0.05) is 6.54 Å². The molecule has 2 N–H and O–H groups in total. The number of hydrogen-bond donors (Lipinski definition) is 1. The number of esters is 1. The molecule has 1 aliphatic carbocycles. The molecular formula is C25H28N2O6. The Labute approximate surface area is 193 Å². The molecule has 0 aliphatic heterocycles. The zero-order chi connectivity index (χ0) is 23.9. The Morgan fingerprint density at radius 1 is 0.939 bits per heavy atom. The second kappa shape index (κ2) is 13.7. The second-order valence-corrected chi connectivity index (χ2v) is 7.45. The van der Waals surface area contributed by atoms with Crippen LogP contribution in [0.1, 0.15) is 30.4 Å². The van der Waals surface area contributed by atoms with E-state index in [-0.39, 0.29) is 58.6 Å². The van der Waals surface area contributed by atoms with Crippen molar-refractivity contribution in [3.63, 3.8) is 0 Å². The molecule has 174 valence electrons. The number of hydrogen-bond acceptors (Lipinski definition) is 8. The summed E-state index contributed by atoms with van der Waals surface area (Å²) in [5.74, 6) is -0.598. The van der Waals surface area contributed by atoms with Crippen LogP contribution >= 0.6 is 0 Å². The summed E-state index contributed by atoms with van der Waals surface area (Å²) in [4.78, 5) is 32.3. The van der Waals surface area contributed by atoms with Gasteiger partial charge in [-0.2, -0.15) is 5.26 Å². The first-order chi connectivity index (χ1) is 16.1. The molecule has 0 amide bonds. The van der Waals surface area contributed by atoms with E-state index < -0.39 is 11.4 Å². The molecule has 0 fully saturated rings. The van der Waals surface area contributed by atoms with Crippen molar-refractivity contribution >= 4 is 18.9 Å². The molecule has 0 heterocycles. The van der Waals surface area contributed by atoms with Crippen LogP contribution in [-0.2, 0) is 35.0 Å². The average Bonchev–Trinajstić information content (AvgIpc) is 3.22. The molecule has 0 radical (unpaired) electrons. The number of carbonyl (C=O) groups excluding carboxylic acids is 3. The molecule has 3 rings (SSSR count). The van der Waals surface area contributed by atoms with Crippen LogP contribution in [0.2, 0.25) is 0 Å². The fraction of sp³-hybridized carbons (Fsp3) is 0.360. The first kappa shape index (κ1) is 25.6. The van der Waals surface area contributed by atoms with E-state index >= 15 is 0 Å². The van der Waals surface area contributed by atoms with Crippen molar-refractivity contribution in [2.45, 2.75) is 25.7 Å². The number of benzene rings is 2. The summed E-state index contributed by atoms with van der Waals surface area (Å²) in [6, 6.07) is 19.2. The highest BCUT2D eigenvalue weighted by molar-refractivity contribution is 5.77. The summed E-state index contributed by atoms with van der Waals surface area (Å²) < 4.78 is 14.1. The van der Waals surface area contributed by atoms with Crippen LogP contribution in [0.15, 0.2) is 48.5 Å². The van der Waals surface area contributed by atoms with Crippen LogP contribution in [0, 0.1) is 16.7 Å². The molecule has 2 aromatic rings. The van der Waals surface area contributed by atoms with Gasteiger partial charge in [0.05, 0.1) is 31.1 Å². The van der Waals surface area contributed by atoms with E-state index in [9.17, 15) is 14.4 Å². The molecule has 8 heteroatoms. The Bertz CT molecular complexity index is 912. The summed E-state index contributed by atoms with van der Waals surface area (Å²) >= 11 is 0. The molecule has 2 aromatic carbocycles. The predicted molar refractivity (Wildman–Crippen MR) is 121 cm³/mol. The minimum Gasteiger partial charge on any atom is -0.468 e. The van der Waals surface area contributed by atoms with Gasteiger partial charge in [0.1, 0.15) is 6.61 Å². The van der Waals surface area contributed by atoms with E-state index in [1.54, 1.807) is 0 Å². The van der Waals surface area contributed by atoms with Gasteiger partial charge in [0.2, 0.25) is 0 Å². The Hall–Kier alpha value is -3.70. The van der Waals surface area contributed by atoms with Gasteiger partial charge in [-0.25, -0.2) is 0 Å². The molecular weight excluding hydrogens is 424 g/mol. The molecule has 0 saturated heterocycles. The lowest BCUT2D eigenvalue weighted by Gasteiger charge is -2.29. The lowest BCUT2D eigenvalue weighted by molar-refractivity contribution is -0.159. The van der Waals surface area contributed by atoms with E-state index in [1.165, 1.54) is 22.3 Å². The first-order valence-electron chi connectivity index (χ1n) is 10.6. The lowest BCUT2D eigenvalue weighted by Crippen LogP contribution is -2.42. The lowest BCUT2D eigenvalue weighted by atomic mass is 9.81. The molecule has 1 aliphatic rings. The van der Waals surface area contributed by atoms with Crippen LogP contribution in [0.25, 0.3) is 11.1 Å². The molecule has 0 aromatic heterocycles. The largest absolute Gasteiger partial charge is 0.468 e. The Kier molecular flexibility index (Phi) is 10.6. The van der Waals surface area contributed by atoms with Crippen LogP contribution in [0.3, 0.4) is 0 Å². The van der Waals surface area contributed by atoms with Gasteiger partial charge in [-0.15, -0.1) is 0 Å². The van der Waals surface area contributed by atoms with Gasteiger partial charge in [0.15, 0.2) is 0 Å². The third-order valence-corrected chi connectivity index (χ3v) is 5.51. The fourth-order valence-corrected chi connectivity index (χ4v) is 3.64. The number of rotatable bonds is 12. The van der Waals surface area contributed by atoms with Crippen molar-refractivity contribution < 1.29 is 28.6 Å². The van der Waals surface area contributed by atoms with Crippen molar-refractivity contribution in [3.05, 3.63) is 59.7 Å².